The Morgan fingerprint density at radius 2 is 2.04 bits per heavy atom. The van der Waals surface area contributed by atoms with E-state index in [9.17, 15) is 4.79 Å². The molecule has 5 nitrogen and oxygen atoms in total. The van der Waals surface area contributed by atoms with Crippen LogP contribution in [0.2, 0.25) is 0 Å². The monoisotopic (exact) mass is 342 g/mol. The van der Waals surface area contributed by atoms with E-state index in [4.69, 9.17) is 4.99 Å². The van der Waals surface area contributed by atoms with Crippen LogP contribution in [0.25, 0.3) is 0 Å². The van der Waals surface area contributed by atoms with E-state index >= 15 is 0 Å². The van der Waals surface area contributed by atoms with Gasteiger partial charge in [0.1, 0.15) is 0 Å². The summed E-state index contributed by atoms with van der Waals surface area (Å²) in [6.07, 6.45) is 6.09. The highest BCUT2D eigenvalue weighted by Gasteiger charge is 2.22. The first-order chi connectivity index (χ1) is 12.3. The van der Waals surface area contributed by atoms with E-state index in [1.54, 1.807) is 0 Å². The van der Waals surface area contributed by atoms with Gasteiger partial charge in [-0.05, 0) is 44.2 Å². The van der Waals surface area contributed by atoms with E-state index in [1.165, 1.54) is 17.7 Å². The van der Waals surface area contributed by atoms with Gasteiger partial charge in [0.25, 0.3) is 0 Å². The number of hydrogen-bond donors (Lipinski definition) is 1. The molecular weight excluding hydrogens is 312 g/mol. The largest absolute Gasteiger partial charge is 0.356 e. The van der Waals surface area contributed by atoms with Crippen LogP contribution in [-0.2, 0) is 11.2 Å². The van der Waals surface area contributed by atoms with Crippen LogP contribution in [-0.4, -0.2) is 49.5 Å². The number of nitrogens with one attached hydrogen (secondary N) is 1. The first kappa shape index (κ1) is 17.8. The van der Waals surface area contributed by atoms with E-state index in [1.807, 2.05) is 4.90 Å². The molecule has 1 aromatic carbocycles. The van der Waals surface area contributed by atoms with Crippen LogP contribution in [0.4, 0.5) is 5.69 Å². The van der Waals surface area contributed by atoms with Crippen molar-refractivity contribution in [2.24, 2.45) is 4.99 Å². The maximum absolute atomic E-state index is 12.1. The minimum absolute atomic E-state index is 0.321. The molecule has 25 heavy (non-hydrogen) atoms. The lowest BCUT2D eigenvalue weighted by molar-refractivity contribution is -0.130. The second kappa shape index (κ2) is 8.88. The summed E-state index contributed by atoms with van der Waals surface area (Å²) in [7, 11) is 0. The van der Waals surface area contributed by atoms with Gasteiger partial charge in [-0.2, -0.15) is 0 Å². The van der Waals surface area contributed by atoms with Gasteiger partial charge in [0.2, 0.25) is 5.91 Å². The smallest absolute Gasteiger partial charge is 0.222 e. The number of aliphatic imine (C=N–C) groups is 1. The van der Waals surface area contributed by atoms with Gasteiger partial charge in [0.05, 0.1) is 0 Å². The van der Waals surface area contributed by atoms with Crippen molar-refractivity contribution in [1.82, 2.24) is 10.2 Å². The zero-order chi connectivity index (χ0) is 17.5. The molecule has 0 aromatic heterocycles. The SMILES string of the molecule is CCNC(=NCCCN1CCCCCC1=O)N1CCc2ccccc21. The zero-order valence-electron chi connectivity index (χ0n) is 15.3. The average Bonchev–Trinajstić information content (AvgIpc) is 2.95. The zero-order valence-corrected chi connectivity index (χ0v) is 15.3. The van der Waals surface area contributed by atoms with Crippen LogP contribution in [0, 0.1) is 0 Å². The van der Waals surface area contributed by atoms with Crippen molar-refractivity contribution in [3.05, 3.63) is 29.8 Å². The van der Waals surface area contributed by atoms with Gasteiger partial charge in [-0.3, -0.25) is 9.79 Å². The third kappa shape index (κ3) is 4.53. The van der Waals surface area contributed by atoms with E-state index < -0.39 is 0 Å². The predicted octanol–water partition coefficient (Wildman–Crippen LogP) is 2.81. The summed E-state index contributed by atoms with van der Waals surface area (Å²) in [4.78, 5) is 21.2. The molecule has 2 aliphatic rings. The third-order valence-electron chi connectivity index (χ3n) is 5.00. The Balaban J connectivity index is 1.57. The highest BCUT2D eigenvalue weighted by molar-refractivity contribution is 5.97. The number of fused-ring (bicyclic) bond motifs is 1. The van der Waals surface area contributed by atoms with Gasteiger partial charge in [0.15, 0.2) is 5.96 Å². The van der Waals surface area contributed by atoms with Crippen molar-refractivity contribution >= 4 is 17.6 Å². The lowest BCUT2D eigenvalue weighted by atomic mass is 10.2. The van der Waals surface area contributed by atoms with E-state index in [2.05, 4.69) is 41.4 Å². The molecule has 1 fully saturated rings. The molecule has 1 amide bonds. The van der Waals surface area contributed by atoms with Gasteiger partial charge in [-0.15, -0.1) is 0 Å². The average molecular weight is 342 g/mol. The molecule has 1 aromatic rings. The van der Waals surface area contributed by atoms with Gasteiger partial charge in [-0.25, -0.2) is 0 Å². The summed E-state index contributed by atoms with van der Waals surface area (Å²) < 4.78 is 0. The van der Waals surface area contributed by atoms with Crippen molar-refractivity contribution in [3.8, 4) is 0 Å². The first-order valence-electron chi connectivity index (χ1n) is 9.71. The molecule has 1 saturated heterocycles. The van der Waals surface area contributed by atoms with Crippen molar-refractivity contribution in [1.29, 1.82) is 0 Å². The fourth-order valence-electron chi connectivity index (χ4n) is 3.67. The number of guanidine groups is 1. The number of likely N-dealkylation sites (tertiary alicyclic amines) is 1. The van der Waals surface area contributed by atoms with Crippen LogP contribution < -0.4 is 10.2 Å². The van der Waals surface area contributed by atoms with Gasteiger partial charge in [-0.1, -0.05) is 24.6 Å². The molecule has 0 aliphatic carbocycles. The second-order valence-corrected chi connectivity index (χ2v) is 6.81. The number of anilines is 1. The Labute approximate surface area is 151 Å². The molecule has 0 spiro atoms. The summed E-state index contributed by atoms with van der Waals surface area (Å²) >= 11 is 0. The van der Waals surface area contributed by atoms with Crippen molar-refractivity contribution < 1.29 is 4.79 Å². The Kier molecular flexibility index (Phi) is 6.31. The van der Waals surface area contributed by atoms with E-state index in [0.717, 1.165) is 70.8 Å². The van der Waals surface area contributed by atoms with Crippen LogP contribution >= 0.6 is 0 Å². The molecular formula is C20H30N4O. The molecule has 5 heteroatoms. The topological polar surface area (TPSA) is 47.9 Å². The number of carbonyl (C=O) groups excluding carboxylic acids is 1. The van der Waals surface area contributed by atoms with Crippen molar-refractivity contribution in [2.45, 2.75) is 45.4 Å². The normalized spacial score (nSPS) is 18.3. The Bertz CT molecular complexity index is 613. The van der Waals surface area contributed by atoms with Crippen LogP contribution in [0.15, 0.2) is 29.3 Å². The Morgan fingerprint density at radius 3 is 2.92 bits per heavy atom. The summed E-state index contributed by atoms with van der Waals surface area (Å²) in [5.74, 6) is 1.29. The summed E-state index contributed by atoms with van der Waals surface area (Å²) in [5, 5.41) is 3.42. The van der Waals surface area contributed by atoms with Gasteiger partial charge >= 0.3 is 0 Å². The number of hydrogen-bond acceptors (Lipinski definition) is 2. The maximum Gasteiger partial charge on any atom is 0.222 e. The number of benzene rings is 1. The molecule has 0 atom stereocenters. The molecule has 0 bridgehead atoms. The number of amides is 1. The molecule has 3 rings (SSSR count). The summed E-state index contributed by atoms with van der Waals surface area (Å²) in [5.41, 5.74) is 2.66. The van der Waals surface area contributed by atoms with Gasteiger partial charge in [0, 0.05) is 44.8 Å². The molecule has 0 saturated carbocycles. The lowest BCUT2D eigenvalue weighted by Gasteiger charge is -2.23. The molecule has 0 radical (unpaired) electrons. The van der Waals surface area contributed by atoms with Crippen LogP contribution in [0.1, 0.15) is 44.6 Å². The number of nitrogens with zero attached hydrogens (tertiary/aromatic N) is 3. The molecule has 0 unspecified atom stereocenters. The summed E-state index contributed by atoms with van der Waals surface area (Å²) in [6.45, 7) is 6.45. The van der Waals surface area contributed by atoms with Gasteiger partial charge < -0.3 is 15.1 Å². The number of para-hydroxylation sites is 1. The molecule has 1 N–H and O–H groups in total. The molecule has 2 aliphatic heterocycles. The third-order valence-corrected chi connectivity index (χ3v) is 5.00. The minimum Gasteiger partial charge on any atom is -0.356 e. The number of carbonyl (C=O) groups is 1. The van der Waals surface area contributed by atoms with E-state index in [-0.39, 0.29) is 0 Å². The predicted molar refractivity (Wildman–Crippen MR) is 103 cm³/mol. The van der Waals surface area contributed by atoms with Crippen molar-refractivity contribution in [3.63, 3.8) is 0 Å². The Hall–Kier alpha value is -2.04. The molecule has 2 heterocycles. The number of rotatable bonds is 5. The fraction of sp³-hybridized carbons (Fsp3) is 0.600. The maximum atomic E-state index is 12.1. The summed E-state index contributed by atoms with van der Waals surface area (Å²) in [6, 6.07) is 8.56. The highest BCUT2D eigenvalue weighted by atomic mass is 16.2. The fourth-order valence-corrected chi connectivity index (χ4v) is 3.67. The minimum atomic E-state index is 0.321. The van der Waals surface area contributed by atoms with E-state index in [0.29, 0.717) is 5.91 Å². The quantitative estimate of drug-likeness (QED) is 0.508. The Morgan fingerprint density at radius 1 is 1.16 bits per heavy atom. The molecule has 136 valence electrons. The van der Waals surface area contributed by atoms with Crippen LogP contribution in [0.5, 0.6) is 0 Å². The standard InChI is InChI=1S/C20H30N4O/c1-2-21-20(24-16-12-17-9-5-6-10-18(17)24)22-13-8-15-23-14-7-3-4-11-19(23)25/h5-6,9-10H,2-4,7-8,11-16H2,1H3,(H,21,22). The first-order valence-corrected chi connectivity index (χ1v) is 9.71. The van der Waals surface area contributed by atoms with Crippen molar-refractivity contribution in [2.75, 3.05) is 37.6 Å². The second-order valence-electron chi connectivity index (χ2n) is 6.81. The highest BCUT2D eigenvalue weighted by Crippen LogP contribution is 2.27. The van der Waals surface area contributed by atoms with Crippen LogP contribution in [0.3, 0.4) is 0 Å². The lowest BCUT2D eigenvalue weighted by Crippen LogP contribution is -2.40.